The van der Waals surface area contributed by atoms with Crippen LogP contribution in [0, 0.1) is 5.92 Å². The molecule has 2 aliphatic rings. The van der Waals surface area contributed by atoms with Crippen molar-refractivity contribution in [2.24, 2.45) is 11.1 Å². The first-order valence-corrected chi connectivity index (χ1v) is 7.50. The van der Waals surface area contributed by atoms with Crippen molar-refractivity contribution in [2.45, 2.75) is 13.0 Å². The normalized spacial score (nSPS) is 21.7. The van der Waals surface area contributed by atoms with Crippen molar-refractivity contribution in [3.8, 4) is 23.0 Å². The first-order valence-electron chi connectivity index (χ1n) is 6.71. The number of oxime groups is 1. The quantitative estimate of drug-likeness (QED) is 0.846. The Morgan fingerprint density at radius 1 is 1.26 bits per heavy atom. The minimum Gasteiger partial charge on any atom is -0.492 e. The van der Waals surface area contributed by atoms with Gasteiger partial charge in [0.05, 0.1) is 30.2 Å². The molecule has 0 fully saturated rings. The summed E-state index contributed by atoms with van der Waals surface area (Å²) in [6.45, 7) is 1.75. The molecule has 0 saturated carbocycles. The van der Waals surface area contributed by atoms with E-state index in [2.05, 4.69) is 21.1 Å². The molecule has 1 aromatic rings. The topological polar surface area (TPSA) is 95.8 Å². The Bertz CT molecular complexity index is 703. The molecule has 1 N–H and O–H groups in total. The lowest BCUT2D eigenvalue weighted by Gasteiger charge is -2.21. The second-order valence-electron chi connectivity index (χ2n) is 4.96. The summed E-state index contributed by atoms with van der Waals surface area (Å²) < 4.78 is 22.3. The summed E-state index contributed by atoms with van der Waals surface area (Å²) >= 11 is 3.46. The number of fused-ring (bicyclic) bond motifs is 1. The van der Waals surface area contributed by atoms with Crippen LogP contribution in [0.4, 0.5) is 0 Å². The second kappa shape index (κ2) is 5.80. The highest BCUT2D eigenvalue weighted by atomic mass is 79.9. The fraction of sp³-hybridized carbons (Fsp3) is 0.429. The average molecular weight is 388 g/mol. The summed E-state index contributed by atoms with van der Waals surface area (Å²) in [5.41, 5.74) is 0.502. The molecule has 9 heteroatoms. The van der Waals surface area contributed by atoms with Crippen molar-refractivity contribution in [3.05, 3.63) is 10.0 Å². The Morgan fingerprint density at radius 2 is 1.87 bits per heavy atom. The van der Waals surface area contributed by atoms with E-state index in [-0.39, 0.29) is 12.5 Å². The van der Waals surface area contributed by atoms with E-state index in [1.54, 1.807) is 6.92 Å². The van der Waals surface area contributed by atoms with E-state index < -0.39 is 18.0 Å². The second-order valence-corrected chi connectivity index (χ2v) is 5.75. The molecule has 0 bridgehead atoms. The molecule has 2 atom stereocenters. The number of nitrogens with zero attached hydrogens (tertiary/aromatic N) is 1. The van der Waals surface area contributed by atoms with Crippen LogP contribution in [0.1, 0.15) is 18.6 Å². The molecule has 124 valence electrons. The average Bonchev–Trinajstić information content (AvgIpc) is 3.13. The summed E-state index contributed by atoms with van der Waals surface area (Å²) in [4.78, 5) is 16.6. The lowest BCUT2D eigenvalue weighted by Crippen LogP contribution is -2.22. The molecule has 2 aliphatic heterocycles. The van der Waals surface area contributed by atoms with Crippen molar-refractivity contribution < 1.29 is 33.7 Å². The smallest absolute Gasteiger partial charge is 0.354 e. The van der Waals surface area contributed by atoms with Gasteiger partial charge >= 0.3 is 5.97 Å². The van der Waals surface area contributed by atoms with E-state index in [1.165, 1.54) is 14.2 Å². The zero-order chi connectivity index (χ0) is 16.7. The van der Waals surface area contributed by atoms with Crippen LogP contribution >= 0.6 is 15.9 Å². The number of halogens is 1. The molecule has 0 amide bonds. The third kappa shape index (κ3) is 2.26. The molecule has 1 aromatic carbocycles. The predicted molar refractivity (Wildman–Crippen MR) is 81.4 cm³/mol. The van der Waals surface area contributed by atoms with Gasteiger partial charge < -0.3 is 28.9 Å². The van der Waals surface area contributed by atoms with E-state index in [0.29, 0.717) is 33.0 Å². The van der Waals surface area contributed by atoms with Crippen molar-refractivity contribution in [1.82, 2.24) is 0 Å². The number of carboxylic acids is 1. The zero-order valence-electron chi connectivity index (χ0n) is 12.6. The van der Waals surface area contributed by atoms with Gasteiger partial charge in [-0.15, -0.1) is 0 Å². The number of hydrogen-bond acceptors (Lipinski definition) is 7. The van der Waals surface area contributed by atoms with Gasteiger partial charge in [-0.3, -0.25) is 0 Å². The van der Waals surface area contributed by atoms with Gasteiger partial charge in [-0.1, -0.05) is 12.1 Å². The third-order valence-electron chi connectivity index (χ3n) is 3.77. The number of carboxylic acid groups (broad SMARTS) is 1. The van der Waals surface area contributed by atoms with Crippen LogP contribution in [0.5, 0.6) is 23.0 Å². The summed E-state index contributed by atoms with van der Waals surface area (Å²) in [6, 6.07) is 0. The minimum absolute atomic E-state index is 0.0376. The van der Waals surface area contributed by atoms with Crippen molar-refractivity contribution in [1.29, 1.82) is 0 Å². The first-order chi connectivity index (χ1) is 11.0. The zero-order valence-corrected chi connectivity index (χ0v) is 14.2. The SMILES string of the molecule is COc1c(Br)c([C@H]2ON=C(C(=O)O)[C@H]2C)c(OC)c2c1OCO2. The molecule has 3 rings (SSSR count). The van der Waals surface area contributed by atoms with Crippen LogP contribution < -0.4 is 18.9 Å². The number of carbonyl (C=O) groups is 1. The first kappa shape index (κ1) is 15.7. The Morgan fingerprint density at radius 3 is 2.39 bits per heavy atom. The molecule has 2 heterocycles. The minimum atomic E-state index is -1.12. The summed E-state index contributed by atoms with van der Waals surface area (Å²) in [6.07, 6.45) is -0.658. The van der Waals surface area contributed by atoms with Gasteiger partial charge in [0.25, 0.3) is 0 Å². The molecule has 0 spiro atoms. The molecule has 8 nitrogen and oxygen atoms in total. The number of aliphatic carboxylic acids is 1. The van der Waals surface area contributed by atoms with Gasteiger partial charge in [0.2, 0.25) is 18.3 Å². The summed E-state index contributed by atoms with van der Waals surface area (Å²) in [7, 11) is 2.98. The fourth-order valence-electron chi connectivity index (χ4n) is 2.67. The number of hydrogen-bond donors (Lipinski definition) is 1. The van der Waals surface area contributed by atoms with E-state index >= 15 is 0 Å². The van der Waals surface area contributed by atoms with E-state index in [9.17, 15) is 9.90 Å². The Labute approximate surface area is 140 Å². The van der Waals surface area contributed by atoms with Crippen molar-refractivity contribution >= 4 is 27.6 Å². The maximum atomic E-state index is 11.2. The maximum absolute atomic E-state index is 11.2. The van der Waals surface area contributed by atoms with Crippen LogP contribution in [0.25, 0.3) is 0 Å². The highest BCUT2D eigenvalue weighted by molar-refractivity contribution is 9.10. The maximum Gasteiger partial charge on any atom is 0.354 e. The molecule has 0 unspecified atom stereocenters. The molecular formula is C14H14BrNO7. The monoisotopic (exact) mass is 387 g/mol. The summed E-state index contributed by atoms with van der Waals surface area (Å²) in [5, 5.41) is 12.8. The Hall–Kier alpha value is -2.16. The van der Waals surface area contributed by atoms with Crippen LogP contribution in [0.3, 0.4) is 0 Å². The van der Waals surface area contributed by atoms with E-state index in [1.807, 2.05) is 0 Å². The lowest BCUT2D eigenvalue weighted by molar-refractivity contribution is -0.129. The highest BCUT2D eigenvalue weighted by Gasteiger charge is 2.42. The van der Waals surface area contributed by atoms with Crippen molar-refractivity contribution in [3.63, 3.8) is 0 Å². The Balaban J connectivity index is 2.15. The van der Waals surface area contributed by atoms with Gasteiger partial charge in [0.1, 0.15) is 0 Å². The largest absolute Gasteiger partial charge is 0.492 e. The number of benzene rings is 1. The fourth-order valence-corrected chi connectivity index (χ4v) is 3.41. The van der Waals surface area contributed by atoms with Gasteiger partial charge in [0, 0.05) is 0 Å². The van der Waals surface area contributed by atoms with Crippen LogP contribution in [0.2, 0.25) is 0 Å². The number of rotatable bonds is 4. The number of ether oxygens (including phenoxy) is 4. The predicted octanol–water partition coefficient (Wildman–Crippen LogP) is 2.34. The van der Waals surface area contributed by atoms with Gasteiger partial charge in [-0.05, 0) is 15.9 Å². The Kier molecular flexibility index (Phi) is 3.97. The van der Waals surface area contributed by atoms with E-state index in [0.717, 1.165) is 0 Å². The standard InChI is InChI=1S/C14H14BrNO7/c1-5-8(14(17)18)16-23-9(5)6-7(15)11(20-3)13-12(10(6)19-2)21-4-22-13/h5,9H,4H2,1-3H3,(H,17,18)/t5-,9+/m1/s1. The molecule has 0 saturated heterocycles. The van der Waals surface area contributed by atoms with Crippen molar-refractivity contribution in [2.75, 3.05) is 21.0 Å². The van der Waals surface area contributed by atoms with Crippen LogP contribution in [-0.2, 0) is 9.63 Å². The molecule has 23 heavy (non-hydrogen) atoms. The molecule has 0 radical (unpaired) electrons. The van der Waals surface area contributed by atoms with E-state index in [4.69, 9.17) is 23.8 Å². The number of methoxy groups -OCH3 is 2. The molecular weight excluding hydrogens is 374 g/mol. The van der Waals surface area contributed by atoms with Gasteiger partial charge in [-0.25, -0.2) is 4.79 Å². The van der Waals surface area contributed by atoms with Gasteiger partial charge in [0.15, 0.2) is 23.3 Å². The highest BCUT2D eigenvalue weighted by Crippen LogP contribution is 2.57. The summed E-state index contributed by atoms with van der Waals surface area (Å²) in [5.74, 6) is 0.0226. The van der Waals surface area contributed by atoms with Gasteiger partial charge in [-0.2, -0.15) is 0 Å². The molecule has 0 aliphatic carbocycles. The van der Waals surface area contributed by atoms with Crippen LogP contribution in [0.15, 0.2) is 9.63 Å². The third-order valence-corrected chi connectivity index (χ3v) is 4.55. The lowest BCUT2D eigenvalue weighted by atomic mass is 9.92. The molecule has 0 aromatic heterocycles. The van der Waals surface area contributed by atoms with Crippen LogP contribution in [-0.4, -0.2) is 37.8 Å².